The van der Waals surface area contributed by atoms with E-state index in [0.717, 1.165) is 26.3 Å². The second kappa shape index (κ2) is 8.63. The van der Waals surface area contributed by atoms with E-state index in [1.165, 1.54) is 32.1 Å². The monoisotopic (exact) mass is 348 g/mol. The zero-order valence-electron chi connectivity index (χ0n) is 15.2. The molecule has 2 N–H and O–H groups in total. The number of carbonyl (C=O) groups is 1. The van der Waals surface area contributed by atoms with Gasteiger partial charge in [-0.25, -0.2) is 4.98 Å². The number of hydrogen-bond donors (Lipinski definition) is 2. The van der Waals surface area contributed by atoms with Crippen LogP contribution in [0.25, 0.3) is 0 Å². The first-order valence-electron chi connectivity index (χ1n) is 9.54. The Hall–Kier alpha value is -1.66. The third kappa shape index (κ3) is 4.30. The summed E-state index contributed by atoms with van der Waals surface area (Å²) in [5, 5.41) is 3.19. The molecule has 0 aromatic carbocycles. The largest absolute Gasteiger partial charge is 0.477 e. The minimum atomic E-state index is -0.0887. The molecule has 0 spiro atoms. The van der Waals surface area contributed by atoms with Gasteiger partial charge >= 0.3 is 0 Å². The highest BCUT2D eigenvalue weighted by Crippen LogP contribution is 2.26. The van der Waals surface area contributed by atoms with E-state index in [4.69, 9.17) is 9.47 Å². The number of carbonyl (C=O) groups excluding carboxylic acids is 1. The Morgan fingerprint density at radius 2 is 2.08 bits per heavy atom. The van der Waals surface area contributed by atoms with Gasteiger partial charge in [0, 0.05) is 19.0 Å². The molecule has 6 heteroatoms. The topological polar surface area (TPSA) is 64.9 Å². The van der Waals surface area contributed by atoms with Gasteiger partial charge in [0.05, 0.1) is 26.4 Å². The zero-order chi connectivity index (χ0) is 17.5. The predicted octanol–water partition coefficient (Wildman–Crippen LogP) is 0.828. The maximum atomic E-state index is 12.7. The molecule has 2 heterocycles. The zero-order valence-corrected chi connectivity index (χ0v) is 15.2. The number of amides is 1. The third-order valence-electron chi connectivity index (χ3n) is 5.54. The van der Waals surface area contributed by atoms with Gasteiger partial charge in [-0.2, -0.15) is 0 Å². The lowest BCUT2D eigenvalue weighted by Gasteiger charge is -2.45. The van der Waals surface area contributed by atoms with Gasteiger partial charge in [-0.1, -0.05) is 6.42 Å². The fraction of sp³-hybridized carbons (Fsp3) is 0.684. The molecule has 0 unspecified atom stereocenters. The summed E-state index contributed by atoms with van der Waals surface area (Å²) < 4.78 is 11.0. The van der Waals surface area contributed by atoms with Crippen molar-refractivity contribution in [2.24, 2.45) is 0 Å². The van der Waals surface area contributed by atoms with Crippen molar-refractivity contribution in [1.82, 2.24) is 10.3 Å². The van der Waals surface area contributed by atoms with E-state index >= 15 is 0 Å². The fourth-order valence-corrected chi connectivity index (χ4v) is 4.19. The molecule has 0 atom stereocenters. The van der Waals surface area contributed by atoms with Crippen LogP contribution in [0.5, 0.6) is 5.88 Å². The van der Waals surface area contributed by atoms with E-state index in [2.05, 4.69) is 10.3 Å². The number of rotatable bonds is 6. The van der Waals surface area contributed by atoms with Crippen molar-refractivity contribution in [3.8, 4) is 5.88 Å². The van der Waals surface area contributed by atoms with E-state index in [9.17, 15) is 4.79 Å². The van der Waals surface area contributed by atoms with Crippen molar-refractivity contribution in [1.29, 1.82) is 0 Å². The maximum absolute atomic E-state index is 12.7. The SMILES string of the molecule is CCOc1ncccc1C(=O)NCC1([NH+]2CCOCC2)CCCCC1. The number of ether oxygens (including phenoxy) is 2. The van der Waals surface area contributed by atoms with Crippen molar-refractivity contribution in [2.75, 3.05) is 39.5 Å². The molecule has 1 aliphatic heterocycles. The summed E-state index contributed by atoms with van der Waals surface area (Å²) in [7, 11) is 0. The molecular formula is C19H30N3O3+. The van der Waals surface area contributed by atoms with Crippen LogP contribution in [-0.2, 0) is 4.74 Å². The Bertz CT molecular complexity index is 567. The lowest BCUT2D eigenvalue weighted by molar-refractivity contribution is -0.960. The summed E-state index contributed by atoms with van der Waals surface area (Å²) in [5.74, 6) is 0.327. The molecule has 0 radical (unpaired) electrons. The van der Waals surface area contributed by atoms with E-state index < -0.39 is 0 Å². The number of aromatic nitrogens is 1. The van der Waals surface area contributed by atoms with Crippen LogP contribution >= 0.6 is 0 Å². The summed E-state index contributed by atoms with van der Waals surface area (Å²) in [6.07, 6.45) is 7.80. The number of quaternary nitrogens is 1. The van der Waals surface area contributed by atoms with Gasteiger partial charge in [0.15, 0.2) is 0 Å². The van der Waals surface area contributed by atoms with Crippen LogP contribution in [0.15, 0.2) is 18.3 Å². The van der Waals surface area contributed by atoms with Crippen molar-refractivity contribution in [3.63, 3.8) is 0 Å². The van der Waals surface area contributed by atoms with Crippen molar-refractivity contribution >= 4 is 5.91 Å². The van der Waals surface area contributed by atoms with Gasteiger partial charge in [-0.15, -0.1) is 0 Å². The van der Waals surface area contributed by atoms with Gasteiger partial charge in [0.1, 0.15) is 24.2 Å². The molecule has 1 aromatic heterocycles. The predicted molar refractivity (Wildman–Crippen MR) is 95.1 cm³/mol. The molecule has 1 aliphatic carbocycles. The van der Waals surface area contributed by atoms with E-state index in [0.29, 0.717) is 24.6 Å². The van der Waals surface area contributed by atoms with Gasteiger partial charge in [-0.3, -0.25) is 4.79 Å². The highest BCUT2D eigenvalue weighted by molar-refractivity contribution is 5.96. The van der Waals surface area contributed by atoms with Crippen LogP contribution in [0, 0.1) is 0 Å². The Balaban J connectivity index is 1.69. The summed E-state index contributed by atoms with van der Waals surface area (Å²) in [6.45, 7) is 6.82. The molecule has 0 bridgehead atoms. The molecule has 2 aliphatic rings. The van der Waals surface area contributed by atoms with Crippen molar-refractivity contribution < 1.29 is 19.2 Å². The molecule has 2 fully saturated rings. The summed E-state index contributed by atoms with van der Waals surface area (Å²) in [6, 6.07) is 3.56. The minimum Gasteiger partial charge on any atom is -0.477 e. The molecule has 25 heavy (non-hydrogen) atoms. The number of morpholine rings is 1. The van der Waals surface area contributed by atoms with Crippen LogP contribution in [-0.4, -0.2) is 55.9 Å². The Morgan fingerprint density at radius 3 is 2.80 bits per heavy atom. The first-order chi connectivity index (χ1) is 12.2. The number of pyridine rings is 1. The Morgan fingerprint density at radius 1 is 1.32 bits per heavy atom. The molecule has 1 aromatic rings. The van der Waals surface area contributed by atoms with Gasteiger partial charge < -0.3 is 19.7 Å². The van der Waals surface area contributed by atoms with Crippen molar-refractivity contribution in [2.45, 2.75) is 44.6 Å². The summed E-state index contributed by atoms with van der Waals surface area (Å²) in [4.78, 5) is 18.5. The highest BCUT2D eigenvalue weighted by atomic mass is 16.5. The number of nitrogens with zero attached hydrogens (tertiary/aromatic N) is 1. The minimum absolute atomic E-state index is 0.0887. The van der Waals surface area contributed by atoms with Crippen LogP contribution in [0.4, 0.5) is 0 Å². The normalized spacial score (nSPS) is 20.8. The lowest BCUT2D eigenvalue weighted by atomic mass is 9.79. The first kappa shape index (κ1) is 18.1. The van der Waals surface area contributed by atoms with Crippen molar-refractivity contribution in [3.05, 3.63) is 23.9 Å². The fourth-order valence-electron chi connectivity index (χ4n) is 4.19. The Labute approximate surface area is 149 Å². The van der Waals surface area contributed by atoms with E-state index in [1.54, 1.807) is 23.2 Å². The van der Waals surface area contributed by atoms with Gasteiger partial charge in [-0.05, 0) is 31.9 Å². The average Bonchev–Trinajstić information content (AvgIpc) is 2.68. The third-order valence-corrected chi connectivity index (χ3v) is 5.54. The van der Waals surface area contributed by atoms with Crippen LogP contribution < -0.4 is 15.0 Å². The van der Waals surface area contributed by atoms with E-state index in [1.807, 2.05) is 6.92 Å². The summed E-state index contributed by atoms with van der Waals surface area (Å²) >= 11 is 0. The lowest BCUT2D eigenvalue weighted by Crippen LogP contribution is -3.23. The van der Waals surface area contributed by atoms with Crippen LogP contribution in [0.1, 0.15) is 49.4 Å². The Kier molecular flexibility index (Phi) is 6.26. The number of nitrogens with one attached hydrogen (secondary N) is 2. The number of hydrogen-bond acceptors (Lipinski definition) is 4. The highest BCUT2D eigenvalue weighted by Gasteiger charge is 2.42. The van der Waals surface area contributed by atoms with Crippen LogP contribution in [0.2, 0.25) is 0 Å². The smallest absolute Gasteiger partial charge is 0.257 e. The van der Waals surface area contributed by atoms with Crippen LogP contribution in [0.3, 0.4) is 0 Å². The molecule has 1 saturated heterocycles. The molecule has 1 amide bonds. The maximum Gasteiger partial charge on any atom is 0.257 e. The summed E-state index contributed by atoms with van der Waals surface area (Å²) in [5.41, 5.74) is 0.665. The van der Waals surface area contributed by atoms with Gasteiger partial charge in [0.2, 0.25) is 5.88 Å². The molecule has 3 rings (SSSR count). The second-order valence-electron chi connectivity index (χ2n) is 7.03. The second-order valence-corrected chi connectivity index (χ2v) is 7.03. The first-order valence-corrected chi connectivity index (χ1v) is 9.54. The quantitative estimate of drug-likeness (QED) is 0.799. The standard InChI is InChI=1S/C19H29N3O3/c1-2-25-18-16(7-6-10-20-18)17(23)21-15-19(8-4-3-5-9-19)22-11-13-24-14-12-22/h6-7,10H,2-5,8-9,11-15H2,1H3,(H,21,23)/p+1. The average molecular weight is 348 g/mol. The molecule has 138 valence electrons. The molecule has 1 saturated carbocycles. The van der Waals surface area contributed by atoms with E-state index in [-0.39, 0.29) is 11.4 Å². The molecule has 6 nitrogen and oxygen atoms in total. The van der Waals surface area contributed by atoms with Gasteiger partial charge in [0.25, 0.3) is 5.91 Å². The molecular weight excluding hydrogens is 318 g/mol.